The third-order valence-corrected chi connectivity index (χ3v) is 3.00. The van der Waals surface area contributed by atoms with Crippen LogP contribution in [0.5, 0.6) is 0 Å². The molecule has 0 aromatic carbocycles. The van der Waals surface area contributed by atoms with Gasteiger partial charge in [0.1, 0.15) is 12.0 Å². The van der Waals surface area contributed by atoms with Crippen molar-refractivity contribution < 1.29 is 0 Å². The zero-order valence-corrected chi connectivity index (χ0v) is 11.0. The van der Waals surface area contributed by atoms with Gasteiger partial charge in [-0.25, -0.2) is 15.0 Å². The first-order valence-electron chi connectivity index (χ1n) is 6.25. The molecule has 0 spiro atoms. The number of nitrogens with one attached hydrogen (secondary N) is 2. The Bertz CT molecular complexity index is 387. The molecule has 4 N–H and O–H groups in total. The van der Waals surface area contributed by atoms with Gasteiger partial charge in [0.25, 0.3) is 0 Å². The lowest BCUT2D eigenvalue weighted by molar-refractivity contribution is 0.178. The van der Waals surface area contributed by atoms with Crippen molar-refractivity contribution >= 4 is 17.3 Å². The van der Waals surface area contributed by atoms with Gasteiger partial charge in [0.05, 0.1) is 0 Å². The van der Waals surface area contributed by atoms with Crippen LogP contribution in [0.4, 0.5) is 17.3 Å². The molecule has 18 heavy (non-hydrogen) atoms. The van der Waals surface area contributed by atoms with Crippen molar-refractivity contribution in [3.63, 3.8) is 0 Å². The minimum atomic E-state index is 0.568. The van der Waals surface area contributed by atoms with Crippen LogP contribution >= 0.6 is 0 Å². The number of rotatable bonds is 4. The quantitative estimate of drug-likeness (QED) is 0.698. The van der Waals surface area contributed by atoms with E-state index in [0.29, 0.717) is 17.3 Å². The Morgan fingerprint density at radius 3 is 2.56 bits per heavy atom. The number of hydrazine groups is 1. The van der Waals surface area contributed by atoms with Crippen molar-refractivity contribution in [3.05, 3.63) is 6.33 Å². The third kappa shape index (κ3) is 2.99. The van der Waals surface area contributed by atoms with Gasteiger partial charge in [0.15, 0.2) is 11.6 Å². The highest BCUT2D eigenvalue weighted by Gasteiger charge is 2.16. The molecule has 1 aromatic rings. The van der Waals surface area contributed by atoms with Gasteiger partial charge < -0.3 is 21.4 Å². The normalized spacial score (nSPS) is 17.7. The Hall–Kier alpha value is -1.60. The molecule has 1 fully saturated rings. The number of likely N-dealkylation sites (N-methyl/N-ethyl adjacent to an activating group) is 1. The van der Waals surface area contributed by atoms with Crippen LogP contribution < -0.4 is 16.5 Å². The van der Waals surface area contributed by atoms with E-state index >= 15 is 0 Å². The van der Waals surface area contributed by atoms with Crippen molar-refractivity contribution in [2.24, 2.45) is 0 Å². The van der Waals surface area contributed by atoms with Crippen LogP contribution in [-0.2, 0) is 0 Å². The average Bonchev–Trinajstić information content (AvgIpc) is 2.37. The lowest BCUT2D eigenvalue weighted by Gasteiger charge is -2.32. The van der Waals surface area contributed by atoms with Crippen molar-refractivity contribution in [1.82, 2.24) is 19.9 Å². The van der Waals surface area contributed by atoms with Gasteiger partial charge in [-0.15, -0.1) is 0 Å². The second-order valence-corrected chi connectivity index (χ2v) is 4.42. The molecule has 1 aromatic heterocycles. The molecular formula is C11H21N7. The molecule has 100 valence electrons. The zero-order valence-electron chi connectivity index (χ0n) is 11.0. The van der Waals surface area contributed by atoms with E-state index < -0.39 is 0 Å². The maximum Gasteiger partial charge on any atom is 0.169 e. The number of piperazine rings is 1. The molecule has 0 amide bonds. The summed E-state index contributed by atoms with van der Waals surface area (Å²) >= 11 is 0. The highest BCUT2D eigenvalue weighted by atomic mass is 15.5. The molecule has 0 bridgehead atoms. The highest BCUT2D eigenvalue weighted by molar-refractivity contribution is 5.73. The average molecular weight is 251 g/mol. The second kappa shape index (κ2) is 5.83. The number of hydrogen-bond acceptors (Lipinski definition) is 7. The molecule has 0 radical (unpaired) electrons. The Kier molecular flexibility index (Phi) is 4.16. The van der Waals surface area contributed by atoms with Gasteiger partial charge in [-0.05, 0) is 14.0 Å². The molecule has 1 aliphatic heterocycles. The van der Waals surface area contributed by atoms with Crippen LogP contribution in [0.3, 0.4) is 0 Å². The van der Waals surface area contributed by atoms with Crippen molar-refractivity contribution in [2.75, 3.05) is 56.2 Å². The van der Waals surface area contributed by atoms with Crippen molar-refractivity contribution in [1.29, 1.82) is 0 Å². The lowest BCUT2D eigenvalue weighted by Crippen LogP contribution is -2.47. The molecule has 2 heterocycles. The second-order valence-electron chi connectivity index (χ2n) is 4.42. The molecular weight excluding hydrogens is 230 g/mol. The molecule has 7 nitrogen and oxygen atoms in total. The van der Waals surface area contributed by atoms with E-state index in [4.69, 9.17) is 5.73 Å². The Labute approximate surface area is 107 Å². The van der Waals surface area contributed by atoms with Crippen LogP contribution in [-0.4, -0.2) is 59.6 Å². The predicted octanol–water partition coefficient (Wildman–Crippen LogP) is 0.0649. The number of nitrogens with zero attached hydrogens (tertiary/aromatic N) is 4. The maximum absolute atomic E-state index is 6.03. The summed E-state index contributed by atoms with van der Waals surface area (Å²) in [5, 5.41) is 5.25. The molecule has 0 saturated carbocycles. The summed E-state index contributed by atoms with van der Waals surface area (Å²) < 4.78 is 0. The van der Waals surface area contributed by atoms with Gasteiger partial charge in [-0.3, -0.25) is 0 Å². The van der Waals surface area contributed by atoms with Gasteiger partial charge in [-0.1, -0.05) is 0 Å². The summed E-state index contributed by atoms with van der Waals surface area (Å²) in [6, 6.07) is 0. The Balaban J connectivity index is 2.02. The van der Waals surface area contributed by atoms with E-state index in [1.54, 1.807) is 0 Å². The Morgan fingerprint density at radius 1 is 1.22 bits per heavy atom. The fourth-order valence-electron chi connectivity index (χ4n) is 1.86. The predicted molar refractivity (Wildman–Crippen MR) is 73.3 cm³/mol. The first kappa shape index (κ1) is 12.8. The van der Waals surface area contributed by atoms with Gasteiger partial charge in [0, 0.05) is 32.7 Å². The summed E-state index contributed by atoms with van der Waals surface area (Å²) in [5.74, 6) is 1.36. The first-order chi connectivity index (χ1) is 8.70. The standard InChI is InChI=1S/C11H21N7/c1-3-13-10-9(12)11(15-8-14-10)16-18-6-4-17(2)5-7-18/h8H,3-7,12H2,1-2H3,(H2,13,14,15,16). The van der Waals surface area contributed by atoms with Gasteiger partial charge >= 0.3 is 0 Å². The molecule has 2 rings (SSSR count). The van der Waals surface area contributed by atoms with E-state index in [2.05, 4.69) is 37.7 Å². The monoisotopic (exact) mass is 251 g/mol. The largest absolute Gasteiger partial charge is 0.393 e. The van der Waals surface area contributed by atoms with Gasteiger partial charge in [0.2, 0.25) is 0 Å². The minimum absolute atomic E-state index is 0.568. The molecule has 0 aliphatic carbocycles. The molecule has 1 saturated heterocycles. The maximum atomic E-state index is 6.03. The smallest absolute Gasteiger partial charge is 0.169 e. The van der Waals surface area contributed by atoms with Crippen LogP contribution in [0.25, 0.3) is 0 Å². The SMILES string of the molecule is CCNc1ncnc(NN2CCN(C)CC2)c1N. The lowest BCUT2D eigenvalue weighted by atomic mass is 10.4. The summed E-state index contributed by atoms with van der Waals surface area (Å²) in [5.41, 5.74) is 9.85. The summed E-state index contributed by atoms with van der Waals surface area (Å²) in [7, 11) is 2.12. The summed E-state index contributed by atoms with van der Waals surface area (Å²) in [4.78, 5) is 10.6. The Morgan fingerprint density at radius 2 is 1.89 bits per heavy atom. The minimum Gasteiger partial charge on any atom is -0.393 e. The summed E-state index contributed by atoms with van der Waals surface area (Å²) in [6.45, 7) is 6.79. The molecule has 0 unspecified atom stereocenters. The van der Waals surface area contributed by atoms with Crippen LogP contribution in [0.15, 0.2) is 6.33 Å². The topological polar surface area (TPSA) is 82.3 Å². The van der Waals surface area contributed by atoms with Gasteiger partial charge in [-0.2, -0.15) is 0 Å². The fourth-order valence-corrected chi connectivity index (χ4v) is 1.86. The highest BCUT2D eigenvalue weighted by Crippen LogP contribution is 2.22. The number of nitrogens with two attached hydrogens (primary N) is 1. The number of nitrogen functional groups attached to an aromatic ring is 1. The fraction of sp³-hybridized carbons (Fsp3) is 0.636. The van der Waals surface area contributed by atoms with E-state index in [-0.39, 0.29) is 0 Å². The van der Waals surface area contributed by atoms with Crippen molar-refractivity contribution in [2.45, 2.75) is 6.92 Å². The number of anilines is 3. The third-order valence-electron chi connectivity index (χ3n) is 3.00. The van der Waals surface area contributed by atoms with Crippen molar-refractivity contribution in [3.8, 4) is 0 Å². The number of hydrogen-bond donors (Lipinski definition) is 3. The van der Waals surface area contributed by atoms with Crippen LogP contribution in [0.2, 0.25) is 0 Å². The zero-order chi connectivity index (χ0) is 13.0. The van der Waals surface area contributed by atoms with Crippen LogP contribution in [0, 0.1) is 0 Å². The summed E-state index contributed by atoms with van der Waals surface area (Å²) in [6.07, 6.45) is 1.52. The molecule has 7 heteroatoms. The van der Waals surface area contributed by atoms with E-state index in [9.17, 15) is 0 Å². The van der Waals surface area contributed by atoms with Crippen LogP contribution in [0.1, 0.15) is 6.92 Å². The number of aromatic nitrogens is 2. The molecule has 1 aliphatic rings. The van der Waals surface area contributed by atoms with E-state index in [1.807, 2.05) is 6.92 Å². The molecule has 0 atom stereocenters. The van der Waals surface area contributed by atoms with E-state index in [1.165, 1.54) is 6.33 Å². The first-order valence-corrected chi connectivity index (χ1v) is 6.25. The van der Waals surface area contributed by atoms with E-state index in [0.717, 1.165) is 32.7 Å².